The minimum absolute atomic E-state index is 1.01. The number of fused-ring (bicyclic) bond motifs is 1. The van der Waals surface area contributed by atoms with Crippen LogP contribution in [-0.2, 0) is 6.54 Å². The number of hydrogen-bond acceptors (Lipinski definition) is 0. The molecule has 0 fully saturated rings. The second kappa shape index (κ2) is 3.18. The van der Waals surface area contributed by atoms with Gasteiger partial charge in [0, 0.05) is 17.4 Å². The third-order valence-electron chi connectivity index (χ3n) is 2.46. The lowest BCUT2D eigenvalue weighted by Crippen LogP contribution is -1.92. The number of para-hydroxylation sites is 1. The van der Waals surface area contributed by atoms with E-state index in [0.717, 1.165) is 6.54 Å². The Bertz CT molecular complexity index is 443. The van der Waals surface area contributed by atoms with E-state index in [1.165, 1.54) is 21.1 Å². The molecule has 68 valence electrons. The summed E-state index contributed by atoms with van der Waals surface area (Å²) in [5.74, 6) is 0. The molecule has 2 heteroatoms. The van der Waals surface area contributed by atoms with Gasteiger partial charge in [0.2, 0.25) is 0 Å². The minimum Gasteiger partial charge on any atom is -0.335 e. The molecule has 1 aromatic heterocycles. The molecule has 0 unspecified atom stereocenters. The largest absolute Gasteiger partial charge is 0.335 e. The quantitative estimate of drug-likeness (QED) is 0.713. The third kappa shape index (κ3) is 1.20. The molecule has 1 aromatic carbocycles. The first-order chi connectivity index (χ1) is 6.25. The smallest absolute Gasteiger partial charge is 0.0886 e. The lowest BCUT2D eigenvalue weighted by atomic mass is 10.2. The Morgan fingerprint density at radius 2 is 2.00 bits per heavy atom. The van der Waals surface area contributed by atoms with Gasteiger partial charge in [0.15, 0.2) is 0 Å². The first-order valence-corrected chi connectivity index (χ1v) is 5.28. The van der Waals surface area contributed by atoms with E-state index in [1.807, 2.05) is 0 Å². The van der Waals surface area contributed by atoms with Crippen molar-refractivity contribution in [2.75, 3.05) is 0 Å². The second-order valence-electron chi connectivity index (χ2n) is 3.18. The molecule has 0 saturated heterocycles. The fourth-order valence-corrected chi connectivity index (χ4v) is 2.41. The lowest BCUT2D eigenvalue weighted by Gasteiger charge is -2.01. The number of benzene rings is 1. The summed E-state index contributed by atoms with van der Waals surface area (Å²) in [4.78, 5) is 0. The standard InChI is InChI=1S/C11H12BrN/c1-3-13-10-7-5-4-6-9(10)8(2)11(13)12/h4-7H,3H2,1-2H3. The fraction of sp³-hybridized carbons (Fsp3) is 0.273. The number of aromatic nitrogens is 1. The van der Waals surface area contributed by atoms with Crippen molar-refractivity contribution >= 4 is 26.8 Å². The van der Waals surface area contributed by atoms with Crippen LogP contribution in [0.3, 0.4) is 0 Å². The molecule has 0 radical (unpaired) electrons. The van der Waals surface area contributed by atoms with Gasteiger partial charge >= 0.3 is 0 Å². The van der Waals surface area contributed by atoms with Crippen LogP contribution in [0.1, 0.15) is 12.5 Å². The number of aryl methyl sites for hydroxylation is 2. The molecule has 0 N–H and O–H groups in total. The van der Waals surface area contributed by atoms with Gasteiger partial charge in [0.25, 0.3) is 0 Å². The van der Waals surface area contributed by atoms with Gasteiger partial charge in [-0.1, -0.05) is 18.2 Å². The normalized spacial score (nSPS) is 11.0. The Morgan fingerprint density at radius 1 is 1.31 bits per heavy atom. The van der Waals surface area contributed by atoms with Crippen LogP contribution in [-0.4, -0.2) is 4.57 Å². The van der Waals surface area contributed by atoms with Crippen molar-refractivity contribution in [2.24, 2.45) is 0 Å². The highest BCUT2D eigenvalue weighted by Crippen LogP contribution is 2.29. The fourth-order valence-electron chi connectivity index (χ4n) is 1.75. The van der Waals surface area contributed by atoms with Crippen molar-refractivity contribution in [3.8, 4) is 0 Å². The molecule has 0 spiro atoms. The van der Waals surface area contributed by atoms with Crippen LogP contribution in [0.2, 0.25) is 0 Å². The van der Waals surface area contributed by atoms with Crippen molar-refractivity contribution in [1.82, 2.24) is 4.57 Å². The number of nitrogens with zero attached hydrogens (tertiary/aromatic N) is 1. The lowest BCUT2D eigenvalue weighted by molar-refractivity contribution is 0.777. The number of hydrogen-bond donors (Lipinski definition) is 0. The SMILES string of the molecule is CCn1c(Br)c(C)c2ccccc21. The average Bonchev–Trinajstić information content (AvgIpc) is 2.41. The van der Waals surface area contributed by atoms with Crippen LogP contribution in [0.4, 0.5) is 0 Å². The molecule has 0 aliphatic carbocycles. The molecule has 2 rings (SSSR count). The highest BCUT2D eigenvalue weighted by molar-refractivity contribution is 9.10. The maximum Gasteiger partial charge on any atom is 0.0886 e. The Kier molecular flexibility index (Phi) is 2.16. The Labute approximate surface area is 86.5 Å². The van der Waals surface area contributed by atoms with Crippen LogP contribution in [0, 0.1) is 6.92 Å². The second-order valence-corrected chi connectivity index (χ2v) is 3.93. The van der Waals surface area contributed by atoms with Crippen molar-refractivity contribution in [3.05, 3.63) is 34.4 Å². The molecule has 0 aliphatic rings. The van der Waals surface area contributed by atoms with Gasteiger partial charge in [-0.3, -0.25) is 0 Å². The Morgan fingerprint density at radius 3 is 2.69 bits per heavy atom. The predicted molar refractivity (Wildman–Crippen MR) is 60.0 cm³/mol. The average molecular weight is 238 g/mol. The summed E-state index contributed by atoms with van der Waals surface area (Å²) in [6.07, 6.45) is 0. The van der Waals surface area contributed by atoms with Gasteiger partial charge in [0.05, 0.1) is 4.60 Å². The Balaban J connectivity index is 2.90. The van der Waals surface area contributed by atoms with E-state index in [9.17, 15) is 0 Å². The van der Waals surface area contributed by atoms with Crippen LogP contribution in [0.15, 0.2) is 28.9 Å². The van der Waals surface area contributed by atoms with Crippen LogP contribution >= 0.6 is 15.9 Å². The molecular formula is C11H12BrN. The van der Waals surface area contributed by atoms with Gasteiger partial charge < -0.3 is 4.57 Å². The Hall–Kier alpha value is -0.760. The molecule has 0 amide bonds. The maximum atomic E-state index is 3.62. The molecule has 2 aromatic rings. The van der Waals surface area contributed by atoms with Crippen LogP contribution in [0.5, 0.6) is 0 Å². The van der Waals surface area contributed by atoms with E-state index in [2.05, 4.69) is 58.6 Å². The summed E-state index contributed by atoms with van der Waals surface area (Å²) in [6, 6.07) is 8.50. The van der Waals surface area contributed by atoms with Gasteiger partial charge in [-0.05, 0) is 41.4 Å². The molecule has 1 nitrogen and oxygen atoms in total. The van der Waals surface area contributed by atoms with Crippen molar-refractivity contribution in [1.29, 1.82) is 0 Å². The summed E-state index contributed by atoms with van der Waals surface area (Å²) in [5, 5.41) is 1.34. The van der Waals surface area contributed by atoms with Gasteiger partial charge in [0.1, 0.15) is 0 Å². The first-order valence-electron chi connectivity index (χ1n) is 4.49. The zero-order valence-corrected chi connectivity index (χ0v) is 9.43. The molecular weight excluding hydrogens is 226 g/mol. The van der Waals surface area contributed by atoms with E-state index in [1.54, 1.807) is 0 Å². The van der Waals surface area contributed by atoms with Gasteiger partial charge in [-0.2, -0.15) is 0 Å². The molecule has 0 saturated carbocycles. The van der Waals surface area contributed by atoms with E-state index >= 15 is 0 Å². The monoisotopic (exact) mass is 237 g/mol. The van der Waals surface area contributed by atoms with Crippen LogP contribution < -0.4 is 0 Å². The van der Waals surface area contributed by atoms with Gasteiger partial charge in [-0.25, -0.2) is 0 Å². The van der Waals surface area contributed by atoms with Gasteiger partial charge in [-0.15, -0.1) is 0 Å². The minimum atomic E-state index is 1.01. The van der Waals surface area contributed by atoms with E-state index in [-0.39, 0.29) is 0 Å². The van der Waals surface area contributed by atoms with Crippen LogP contribution in [0.25, 0.3) is 10.9 Å². The maximum absolute atomic E-state index is 3.62. The molecule has 13 heavy (non-hydrogen) atoms. The summed E-state index contributed by atoms with van der Waals surface area (Å²) in [5.41, 5.74) is 2.65. The van der Waals surface area contributed by atoms with E-state index < -0.39 is 0 Å². The van der Waals surface area contributed by atoms with Crippen molar-refractivity contribution < 1.29 is 0 Å². The number of halogens is 1. The molecule has 1 heterocycles. The zero-order chi connectivity index (χ0) is 9.42. The summed E-state index contributed by atoms with van der Waals surface area (Å²) in [6.45, 7) is 5.32. The molecule has 0 atom stereocenters. The predicted octanol–water partition coefficient (Wildman–Crippen LogP) is 3.73. The van der Waals surface area contributed by atoms with Crippen molar-refractivity contribution in [3.63, 3.8) is 0 Å². The summed E-state index contributed by atoms with van der Waals surface area (Å²) < 4.78 is 3.49. The molecule has 0 aliphatic heterocycles. The highest BCUT2D eigenvalue weighted by Gasteiger charge is 2.08. The number of rotatable bonds is 1. The third-order valence-corrected chi connectivity index (χ3v) is 3.48. The summed E-state index contributed by atoms with van der Waals surface area (Å²) >= 11 is 3.62. The zero-order valence-electron chi connectivity index (χ0n) is 7.84. The topological polar surface area (TPSA) is 4.93 Å². The highest BCUT2D eigenvalue weighted by atomic mass is 79.9. The summed E-state index contributed by atoms with van der Waals surface area (Å²) in [7, 11) is 0. The molecule has 0 bridgehead atoms. The van der Waals surface area contributed by atoms with E-state index in [0.29, 0.717) is 0 Å². The van der Waals surface area contributed by atoms with Crippen molar-refractivity contribution in [2.45, 2.75) is 20.4 Å². The first kappa shape index (κ1) is 8.82. The van der Waals surface area contributed by atoms with E-state index in [4.69, 9.17) is 0 Å².